The number of hydrogen-bond donors (Lipinski definition) is 2. The van der Waals surface area contributed by atoms with Crippen LogP contribution in [0.3, 0.4) is 0 Å². The van der Waals surface area contributed by atoms with Crippen LogP contribution >= 0.6 is 0 Å². The largest absolute Gasteiger partial charge is 0.423 e. The quantitative estimate of drug-likeness (QED) is 0.744. The molecule has 1 aromatic carbocycles. The number of urea groups is 1. The molecule has 2 fully saturated rings. The maximum Gasteiger partial charge on any atom is 0.317 e. The highest BCUT2D eigenvalue weighted by Crippen LogP contribution is 2.26. The van der Waals surface area contributed by atoms with Crippen molar-refractivity contribution in [2.75, 3.05) is 36.8 Å². The van der Waals surface area contributed by atoms with Crippen molar-refractivity contribution in [2.24, 2.45) is 0 Å². The summed E-state index contributed by atoms with van der Waals surface area (Å²) in [5.74, 6) is 0. The van der Waals surface area contributed by atoms with Gasteiger partial charge in [-0.15, -0.1) is 0 Å². The average Bonchev–Trinajstić information content (AvgIpc) is 3.02. The fourth-order valence-corrected chi connectivity index (χ4v) is 2.85. The Morgan fingerprint density at radius 3 is 3.20 bits per heavy atom. The van der Waals surface area contributed by atoms with Crippen molar-refractivity contribution >= 4 is 28.8 Å². The van der Waals surface area contributed by atoms with Crippen LogP contribution in [-0.2, 0) is 0 Å². The molecule has 1 unspecified atom stereocenters. The van der Waals surface area contributed by atoms with E-state index in [0.29, 0.717) is 24.8 Å². The van der Waals surface area contributed by atoms with Crippen molar-refractivity contribution in [1.29, 1.82) is 0 Å². The SMILES string of the molecule is Nc1ccc2oc(N3CCN4C(=O)NCC4C3)nc2c1. The number of carbonyl (C=O) groups is 1. The molecule has 3 heterocycles. The second-order valence-electron chi connectivity index (χ2n) is 5.20. The number of carbonyl (C=O) groups excluding carboxylic acids is 1. The number of piperazine rings is 1. The van der Waals surface area contributed by atoms with Crippen molar-refractivity contribution in [3.63, 3.8) is 0 Å². The number of nitrogens with two attached hydrogens (primary N) is 1. The lowest BCUT2D eigenvalue weighted by atomic mass is 10.2. The van der Waals surface area contributed by atoms with Gasteiger partial charge in [0.1, 0.15) is 5.52 Å². The van der Waals surface area contributed by atoms with E-state index in [1.165, 1.54) is 0 Å². The van der Waals surface area contributed by atoms with Gasteiger partial charge in [0.05, 0.1) is 6.04 Å². The Morgan fingerprint density at radius 1 is 1.40 bits per heavy atom. The Hall–Kier alpha value is -2.44. The number of anilines is 2. The normalized spacial score (nSPS) is 22.2. The van der Waals surface area contributed by atoms with E-state index < -0.39 is 0 Å². The summed E-state index contributed by atoms with van der Waals surface area (Å²) in [4.78, 5) is 20.0. The van der Waals surface area contributed by atoms with Crippen molar-refractivity contribution < 1.29 is 9.21 Å². The molecule has 2 aliphatic heterocycles. The summed E-state index contributed by atoms with van der Waals surface area (Å²) >= 11 is 0. The number of nitrogens with zero attached hydrogens (tertiary/aromatic N) is 3. The standard InChI is InChI=1S/C13H15N5O2/c14-8-1-2-11-10(5-8)16-13(20-11)17-3-4-18-9(7-17)6-15-12(18)19/h1-2,5,9H,3-4,6-7,14H2,(H,15,19). The number of nitrogens with one attached hydrogen (secondary N) is 1. The van der Waals surface area contributed by atoms with Crippen LogP contribution in [0.15, 0.2) is 22.6 Å². The minimum absolute atomic E-state index is 0.0278. The summed E-state index contributed by atoms with van der Waals surface area (Å²) in [6, 6.07) is 6.26. The van der Waals surface area contributed by atoms with E-state index in [2.05, 4.69) is 15.2 Å². The van der Waals surface area contributed by atoms with Gasteiger partial charge in [-0.3, -0.25) is 0 Å². The maximum atomic E-state index is 11.6. The van der Waals surface area contributed by atoms with Gasteiger partial charge in [-0.25, -0.2) is 4.79 Å². The molecule has 2 aromatic rings. The average molecular weight is 273 g/mol. The first-order valence-corrected chi connectivity index (χ1v) is 6.66. The van der Waals surface area contributed by atoms with Crippen molar-refractivity contribution in [1.82, 2.24) is 15.2 Å². The van der Waals surface area contributed by atoms with E-state index in [9.17, 15) is 4.79 Å². The van der Waals surface area contributed by atoms with Crippen LogP contribution in [0.25, 0.3) is 11.1 Å². The summed E-state index contributed by atoms with van der Waals surface area (Å²) in [5.41, 5.74) is 7.92. The highest BCUT2D eigenvalue weighted by atomic mass is 16.4. The molecular weight excluding hydrogens is 258 g/mol. The summed E-state index contributed by atoms with van der Waals surface area (Å²) in [6.07, 6.45) is 0. The third-order valence-electron chi connectivity index (χ3n) is 3.90. The fraction of sp³-hybridized carbons (Fsp3) is 0.385. The number of aromatic nitrogens is 1. The number of nitrogen functional groups attached to an aromatic ring is 1. The Bertz CT molecular complexity index is 682. The van der Waals surface area contributed by atoms with Crippen LogP contribution < -0.4 is 16.0 Å². The molecule has 7 heteroatoms. The zero-order valence-corrected chi connectivity index (χ0v) is 10.9. The lowest BCUT2D eigenvalue weighted by molar-refractivity contribution is 0.196. The highest BCUT2D eigenvalue weighted by molar-refractivity contribution is 5.79. The number of rotatable bonds is 1. The summed E-state index contributed by atoms with van der Waals surface area (Å²) < 4.78 is 5.77. The van der Waals surface area contributed by atoms with Crippen LogP contribution in [0.4, 0.5) is 16.5 Å². The third-order valence-corrected chi connectivity index (χ3v) is 3.90. The van der Waals surface area contributed by atoms with Gasteiger partial charge in [0, 0.05) is 31.9 Å². The van der Waals surface area contributed by atoms with E-state index >= 15 is 0 Å². The molecule has 0 bridgehead atoms. The van der Waals surface area contributed by atoms with E-state index in [1.807, 2.05) is 11.0 Å². The fourth-order valence-electron chi connectivity index (χ4n) is 2.85. The first kappa shape index (κ1) is 11.4. The van der Waals surface area contributed by atoms with E-state index in [0.717, 1.165) is 24.2 Å². The molecule has 0 radical (unpaired) electrons. The van der Waals surface area contributed by atoms with Crippen molar-refractivity contribution in [3.05, 3.63) is 18.2 Å². The third kappa shape index (κ3) is 1.66. The van der Waals surface area contributed by atoms with E-state index in [4.69, 9.17) is 10.2 Å². The molecule has 0 aliphatic carbocycles. The number of amides is 2. The van der Waals surface area contributed by atoms with Crippen LogP contribution in [0.1, 0.15) is 0 Å². The topological polar surface area (TPSA) is 87.6 Å². The molecule has 20 heavy (non-hydrogen) atoms. The van der Waals surface area contributed by atoms with Gasteiger partial charge in [0.15, 0.2) is 5.58 Å². The Balaban J connectivity index is 1.62. The lowest BCUT2D eigenvalue weighted by Crippen LogP contribution is -2.52. The Kier molecular flexibility index (Phi) is 2.29. The molecule has 3 N–H and O–H groups in total. The van der Waals surface area contributed by atoms with Crippen LogP contribution in [-0.4, -0.2) is 48.1 Å². The molecule has 1 atom stereocenters. The first-order valence-electron chi connectivity index (χ1n) is 6.66. The molecule has 104 valence electrons. The van der Waals surface area contributed by atoms with Gasteiger partial charge < -0.3 is 25.3 Å². The van der Waals surface area contributed by atoms with E-state index in [-0.39, 0.29) is 12.1 Å². The molecule has 0 saturated carbocycles. The molecule has 0 spiro atoms. The summed E-state index contributed by atoms with van der Waals surface area (Å²) in [5, 5.41) is 2.86. The zero-order chi connectivity index (χ0) is 13.7. The molecular formula is C13H15N5O2. The Morgan fingerprint density at radius 2 is 2.30 bits per heavy atom. The molecule has 7 nitrogen and oxygen atoms in total. The minimum atomic E-state index is 0.0278. The smallest absolute Gasteiger partial charge is 0.317 e. The van der Waals surface area contributed by atoms with Gasteiger partial charge in [0.25, 0.3) is 6.01 Å². The Labute approximate surface area is 115 Å². The van der Waals surface area contributed by atoms with Gasteiger partial charge >= 0.3 is 6.03 Å². The van der Waals surface area contributed by atoms with Gasteiger partial charge in [-0.2, -0.15) is 4.98 Å². The predicted octanol–water partition coefficient (Wildman–Crippen LogP) is 0.624. The predicted molar refractivity (Wildman–Crippen MR) is 74.5 cm³/mol. The van der Waals surface area contributed by atoms with Gasteiger partial charge in [-0.1, -0.05) is 0 Å². The minimum Gasteiger partial charge on any atom is -0.423 e. The molecule has 2 saturated heterocycles. The van der Waals surface area contributed by atoms with Crippen LogP contribution in [0.2, 0.25) is 0 Å². The zero-order valence-electron chi connectivity index (χ0n) is 10.9. The van der Waals surface area contributed by atoms with Crippen LogP contribution in [0.5, 0.6) is 0 Å². The van der Waals surface area contributed by atoms with Crippen molar-refractivity contribution in [3.8, 4) is 0 Å². The summed E-state index contributed by atoms with van der Waals surface area (Å²) in [6.45, 7) is 2.84. The molecule has 4 rings (SSSR count). The number of oxazole rings is 1. The molecule has 1 aromatic heterocycles. The number of fused-ring (bicyclic) bond motifs is 2. The van der Waals surface area contributed by atoms with Crippen LogP contribution in [0, 0.1) is 0 Å². The highest BCUT2D eigenvalue weighted by Gasteiger charge is 2.36. The van der Waals surface area contributed by atoms with Crippen molar-refractivity contribution in [2.45, 2.75) is 6.04 Å². The van der Waals surface area contributed by atoms with Gasteiger partial charge in [0.2, 0.25) is 0 Å². The second kappa shape index (κ2) is 4.03. The second-order valence-corrected chi connectivity index (χ2v) is 5.20. The lowest BCUT2D eigenvalue weighted by Gasteiger charge is -2.35. The maximum absolute atomic E-state index is 11.6. The van der Waals surface area contributed by atoms with Gasteiger partial charge in [-0.05, 0) is 18.2 Å². The molecule has 2 amide bonds. The number of hydrogen-bond acceptors (Lipinski definition) is 5. The first-order chi connectivity index (χ1) is 9.70. The monoisotopic (exact) mass is 273 g/mol. The summed E-state index contributed by atoms with van der Waals surface area (Å²) in [7, 11) is 0. The number of benzene rings is 1. The molecule has 2 aliphatic rings. The van der Waals surface area contributed by atoms with E-state index in [1.54, 1.807) is 12.1 Å².